The van der Waals surface area contributed by atoms with Gasteiger partial charge in [-0.3, -0.25) is 4.40 Å². The summed E-state index contributed by atoms with van der Waals surface area (Å²) in [6.07, 6.45) is 1.89. The number of nitrogens with zero attached hydrogens (tertiary/aromatic N) is 2. The van der Waals surface area contributed by atoms with Gasteiger partial charge in [0, 0.05) is 5.69 Å². The minimum absolute atomic E-state index is 0.0106. The Bertz CT molecular complexity index is 505. The van der Waals surface area contributed by atoms with Crippen LogP contribution in [0.1, 0.15) is 38.2 Å². The molecule has 3 nitrogen and oxygen atoms in total. The summed E-state index contributed by atoms with van der Waals surface area (Å²) >= 11 is 0. The van der Waals surface area contributed by atoms with E-state index in [-0.39, 0.29) is 11.5 Å². The van der Waals surface area contributed by atoms with Crippen molar-refractivity contribution in [2.75, 3.05) is 0 Å². The molecule has 0 aliphatic heterocycles. The van der Waals surface area contributed by atoms with Gasteiger partial charge < -0.3 is 5.73 Å². The van der Waals surface area contributed by atoms with Crippen molar-refractivity contribution in [1.29, 1.82) is 0 Å². The highest BCUT2D eigenvalue weighted by Crippen LogP contribution is 2.31. The third-order valence-electron chi connectivity index (χ3n) is 3.00. The second kappa shape index (κ2) is 3.59. The molecule has 0 aliphatic carbocycles. The lowest BCUT2D eigenvalue weighted by Gasteiger charge is -2.27. The largest absolute Gasteiger partial charge is 0.322 e. The van der Waals surface area contributed by atoms with E-state index in [4.69, 9.17) is 5.73 Å². The van der Waals surface area contributed by atoms with Gasteiger partial charge in [0.25, 0.3) is 0 Å². The van der Waals surface area contributed by atoms with Crippen molar-refractivity contribution < 1.29 is 0 Å². The van der Waals surface area contributed by atoms with E-state index in [0.717, 1.165) is 11.3 Å². The van der Waals surface area contributed by atoms with Gasteiger partial charge >= 0.3 is 0 Å². The third-order valence-corrected chi connectivity index (χ3v) is 3.00. The zero-order valence-corrected chi connectivity index (χ0v) is 10.4. The molecule has 0 saturated heterocycles. The van der Waals surface area contributed by atoms with Gasteiger partial charge in [0.1, 0.15) is 5.65 Å². The van der Waals surface area contributed by atoms with E-state index in [9.17, 15) is 0 Å². The number of hydrogen-bond donors (Lipinski definition) is 1. The number of imidazole rings is 1. The highest BCUT2D eigenvalue weighted by atomic mass is 15.0. The van der Waals surface area contributed by atoms with Crippen molar-refractivity contribution in [3.05, 3.63) is 35.8 Å². The van der Waals surface area contributed by atoms with E-state index < -0.39 is 0 Å². The third kappa shape index (κ3) is 1.71. The summed E-state index contributed by atoms with van der Waals surface area (Å²) in [7, 11) is 0. The number of rotatable bonds is 1. The SMILES string of the molecule is Cc1cccc2ncc(C(N)C(C)(C)C)n12. The lowest BCUT2D eigenvalue weighted by atomic mass is 9.85. The van der Waals surface area contributed by atoms with Gasteiger partial charge in [0.2, 0.25) is 0 Å². The molecule has 0 radical (unpaired) electrons. The van der Waals surface area contributed by atoms with Crippen LogP contribution in [0.2, 0.25) is 0 Å². The molecule has 2 heterocycles. The van der Waals surface area contributed by atoms with Crippen LogP contribution >= 0.6 is 0 Å². The van der Waals surface area contributed by atoms with Crippen molar-refractivity contribution in [2.24, 2.45) is 11.1 Å². The van der Waals surface area contributed by atoms with Crippen molar-refractivity contribution >= 4 is 5.65 Å². The average molecular weight is 217 g/mol. The van der Waals surface area contributed by atoms with Gasteiger partial charge in [-0.15, -0.1) is 0 Å². The maximum Gasteiger partial charge on any atom is 0.137 e. The fourth-order valence-electron chi connectivity index (χ4n) is 1.89. The van der Waals surface area contributed by atoms with E-state index in [0.29, 0.717) is 0 Å². The molecule has 0 fully saturated rings. The molecule has 2 aromatic heterocycles. The van der Waals surface area contributed by atoms with E-state index in [1.54, 1.807) is 0 Å². The summed E-state index contributed by atoms with van der Waals surface area (Å²) in [5.74, 6) is 0. The van der Waals surface area contributed by atoms with Gasteiger partial charge in [-0.25, -0.2) is 4.98 Å². The van der Waals surface area contributed by atoms with E-state index in [2.05, 4.69) is 43.1 Å². The van der Waals surface area contributed by atoms with Gasteiger partial charge in [-0.1, -0.05) is 26.8 Å². The van der Waals surface area contributed by atoms with Gasteiger partial charge in [0.05, 0.1) is 17.9 Å². The highest BCUT2D eigenvalue weighted by molar-refractivity contribution is 5.43. The Labute approximate surface area is 96.3 Å². The summed E-state index contributed by atoms with van der Waals surface area (Å²) in [5.41, 5.74) is 9.55. The summed E-state index contributed by atoms with van der Waals surface area (Å²) in [6, 6.07) is 6.09. The average Bonchev–Trinajstić information content (AvgIpc) is 2.60. The van der Waals surface area contributed by atoms with Crippen LogP contribution in [0.4, 0.5) is 0 Å². The predicted molar refractivity (Wildman–Crippen MR) is 66.3 cm³/mol. The molecule has 16 heavy (non-hydrogen) atoms. The standard InChI is InChI=1S/C13H19N3/c1-9-6-5-7-11-15-8-10(16(9)11)12(14)13(2,3)4/h5-8,12H,14H2,1-4H3. The van der Waals surface area contributed by atoms with Crippen LogP contribution in [0.5, 0.6) is 0 Å². The first-order valence-electron chi connectivity index (χ1n) is 5.60. The Morgan fingerprint density at radius 3 is 2.62 bits per heavy atom. The zero-order valence-electron chi connectivity index (χ0n) is 10.4. The first kappa shape index (κ1) is 11.1. The number of aryl methyl sites for hydroxylation is 1. The minimum atomic E-state index is -0.0106. The summed E-state index contributed by atoms with van der Waals surface area (Å²) < 4.78 is 2.13. The molecule has 1 atom stereocenters. The first-order valence-corrected chi connectivity index (χ1v) is 5.60. The smallest absolute Gasteiger partial charge is 0.137 e. The Balaban J connectivity index is 2.62. The van der Waals surface area contributed by atoms with E-state index >= 15 is 0 Å². The molecule has 2 rings (SSSR count). The van der Waals surface area contributed by atoms with E-state index in [1.807, 2.05) is 18.3 Å². The molecular formula is C13H19N3. The number of pyridine rings is 1. The Morgan fingerprint density at radius 2 is 2.00 bits per heavy atom. The Kier molecular flexibility index (Phi) is 2.50. The molecule has 0 bridgehead atoms. The van der Waals surface area contributed by atoms with Crippen LogP contribution in [0.25, 0.3) is 5.65 Å². The maximum atomic E-state index is 6.29. The summed E-state index contributed by atoms with van der Waals surface area (Å²) in [5, 5.41) is 0. The highest BCUT2D eigenvalue weighted by Gasteiger charge is 2.25. The molecule has 0 aliphatic rings. The van der Waals surface area contributed by atoms with Crippen LogP contribution in [0.15, 0.2) is 24.4 Å². The lowest BCUT2D eigenvalue weighted by molar-refractivity contribution is 0.320. The molecule has 86 valence electrons. The molecule has 3 heteroatoms. The Hall–Kier alpha value is -1.35. The molecular weight excluding hydrogens is 198 g/mol. The maximum absolute atomic E-state index is 6.29. The van der Waals surface area contributed by atoms with Crippen LogP contribution in [0.3, 0.4) is 0 Å². The number of nitrogens with two attached hydrogens (primary N) is 1. The fourth-order valence-corrected chi connectivity index (χ4v) is 1.89. The van der Waals surface area contributed by atoms with Crippen LogP contribution < -0.4 is 5.73 Å². The van der Waals surface area contributed by atoms with Gasteiger partial charge in [-0.2, -0.15) is 0 Å². The summed E-state index contributed by atoms with van der Waals surface area (Å²) in [6.45, 7) is 8.52. The fraction of sp³-hybridized carbons (Fsp3) is 0.462. The zero-order chi connectivity index (χ0) is 11.9. The van der Waals surface area contributed by atoms with Gasteiger partial charge in [-0.05, 0) is 24.5 Å². The second-order valence-corrected chi connectivity index (χ2v) is 5.39. The molecule has 0 aromatic carbocycles. The molecule has 2 aromatic rings. The van der Waals surface area contributed by atoms with Crippen molar-refractivity contribution in [2.45, 2.75) is 33.7 Å². The number of hydrogen-bond acceptors (Lipinski definition) is 2. The van der Waals surface area contributed by atoms with Crippen LogP contribution in [-0.4, -0.2) is 9.38 Å². The van der Waals surface area contributed by atoms with Crippen LogP contribution in [-0.2, 0) is 0 Å². The topological polar surface area (TPSA) is 43.3 Å². The quantitative estimate of drug-likeness (QED) is 0.798. The molecule has 0 saturated carbocycles. The molecule has 0 spiro atoms. The van der Waals surface area contributed by atoms with Crippen molar-refractivity contribution in [1.82, 2.24) is 9.38 Å². The minimum Gasteiger partial charge on any atom is -0.322 e. The first-order chi connectivity index (χ1) is 7.41. The normalized spacial score (nSPS) is 14.3. The molecule has 1 unspecified atom stereocenters. The van der Waals surface area contributed by atoms with Gasteiger partial charge in [0.15, 0.2) is 0 Å². The van der Waals surface area contributed by atoms with E-state index in [1.165, 1.54) is 5.69 Å². The van der Waals surface area contributed by atoms with Crippen molar-refractivity contribution in [3.8, 4) is 0 Å². The van der Waals surface area contributed by atoms with Crippen molar-refractivity contribution in [3.63, 3.8) is 0 Å². The number of fused-ring (bicyclic) bond motifs is 1. The second-order valence-electron chi connectivity index (χ2n) is 5.39. The lowest BCUT2D eigenvalue weighted by Crippen LogP contribution is -2.27. The molecule has 0 amide bonds. The molecule has 2 N–H and O–H groups in total. The number of aromatic nitrogens is 2. The van der Waals surface area contributed by atoms with Crippen LogP contribution in [0, 0.1) is 12.3 Å². The predicted octanol–water partition coefficient (Wildman–Crippen LogP) is 2.69. The summed E-state index contributed by atoms with van der Waals surface area (Å²) in [4.78, 5) is 4.40. The Morgan fingerprint density at radius 1 is 1.31 bits per heavy atom. The monoisotopic (exact) mass is 217 g/mol.